The molecule has 4 heteroatoms. The molecule has 2 N–H and O–H groups in total. The summed E-state index contributed by atoms with van der Waals surface area (Å²) in [6.07, 6.45) is 0.749. The van der Waals surface area contributed by atoms with Crippen LogP contribution in [0.25, 0.3) is 0 Å². The summed E-state index contributed by atoms with van der Waals surface area (Å²) >= 11 is 5.63. The third kappa shape index (κ3) is 1.34. The summed E-state index contributed by atoms with van der Waals surface area (Å²) in [5.74, 6) is -0.854. The lowest BCUT2D eigenvalue weighted by Gasteiger charge is -2.05. The van der Waals surface area contributed by atoms with Crippen LogP contribution in [0, 0.1) is 0 Å². The number of halogens is 1. The monoisotopic (exact) mass is 149 g/mol. The van der Waals surface area contributed by atoms with Gasteiger partial charge in [0.1, 0.15) is 6.04 Å². The van der Waals surface area contributed by atoms with Gasteiger partial charge in [-0.15, -0.1) is 11.6 Å². The number of carboxylic acids is 1. The molecule has 0 aromatic carbocycles. The quantitative estimate of drug-likeness (QED) is 0.518. The van der Waals surface area contributed by atoms with Crippen LogP contribution in [0.4, 0.5) is 0 Å². The van der Waals surface area contributed by atoms with Gasteiger partial charge in [0.15, 0.2) is 0 Å². The normalized spacial score (nSPS) is 34.8. The van der Waals surface area contributed by atoms with Crippen LogP contribution in [-0.4, -0.2) is 29.0 Å². The smallest absolute Gasteiger partial charge is 0.322 e. The Morgan fingerprint density at radius 2 is 2.44 bits per heavy atom. The Hall–Kier alpha value is -0.280. The highest BCUT2D eigenvalue weighted by Crippen LogP contribution is 2.13. The fourth-order valence-electron chi connectivity index (χ4n) is 0.913. The first kappa shape index (κ1) is 6.83. The summed E-state index contributed by atoms with van der Waals surface area (Å²) in [6, 6.07) is -0.535. The topological polar surface area (TPSA) is 49.3 Å². The second-order valence-electron chi connectivity index (χ2n) is 2.07. The lowest BCUT2D eigenvalue weighted by atomic mass is 10.2. The van der Waals surface area contributed by atoms with Crippen LogP contribution >= 0.6 is 11.6 Å². The van der Waals surface area contributed by atoms with Crippen LogP contribution in [0.15, 0.2) is 0 Å². The van der Waals surface area contributed by atoms with Crippen LogP contribution in [0.3, 0.4) is 0 Å². The van der Waals surface area contributed by atoms with Gasteiger partial charge in [0, 0.05) is 0 Å². The number of aliphatic carboxylic acids is 1. The minimum absolute atomic E-state index is 0.234. The summed E-state index contributed by atoms with van der Waals surface area (Å²) in [7, 11) is 0. The number of alkyl halides is 1. The Balaban J connectivity index is 2.49. The fraction of sp³-hybridized carbons (Fsp3) is 0.800. The van der Waals surface area contributed by atoms with Crippen LogP contribution in [-0.2, 0) is 4.79 Å². The van der Waals surface area contributed by atoms with E-state index < -0.39 is 12.0 Å². The first-order chi connectivity index (χ1) is 4.22. The van der Waals surface area contributed by atoms with E-state index in [2.05, 4.69) is 5.32 Å². The first-order valence-corrected chi connectivity index (χ1v) is 3.25. The number of nitrogens with one attached hydrogen (secondary N) is 1. The molecule has 2 atom stereocenters. The largest absolute Gasteiger partial charge is 0.480 e. The van der Waals surface area contributed by atoms with Gasteiger partial charge in [-0.3, -0.25) is 4.79 Å². The Labute approximate surface area is 58.0 Å². The molecule has 1 saturated heterocycles. The summed E-state index contributed by atoms with van der Waals surface area (Å²) in [5, 5.41) is 11.0. The third-order valence-corrected chi connectivity index (χ3v) is 1.88. The molecule has 1 heterocycles. The van der Waals surface area contributed by atoms with E-state index in [9.17, 15) is 4.79 Å². The van der Waals surface area contributed by atoms with Crippen LogP contribution in [0.1, 0.15) is 6.42 Å². The van der Waals surface area contributed by atoms with Crippen molar-refractivity contribution < 1.29 is 9.90 Å². The van der Waals surface area contributed by atoms with E-state index >= 15 is 0 Å². The van der Waals surface area contributed by atoms with E-state index in [-0.39, 0.29) is 5.38 Å². The molecule has 0 saturated carbocycles. The zero-order valence-electron chi connectivity index (χ0n) is 4.80. The van der Waals surface area contributed by atoms with Crippen LogP contribution < -0.4 is 5.32 Å². The molecule has 0 radical (unpaired) electrons. The highest BCUT2D eigenvalue weighted by Gasteiger charge is 2.30. The van der Waals surface area contributed by atoms with Crippen molar-refractivity contribution in [3.05, 3.63) is 0 Å². The van der Waals surface area contributed by atoms with Crippen molar-refractivity contribution in [2.24, 2.45) is 0 Å². The summed E-state index contributed by atoms with van der Waals surface area (Å²) in [5.41, 5.74) is 0. The molecule has 52 valence electrons. The van der Waals surface area contributed by atoms with Crippen LogP contribution in [0.2, 0.25) is 0 Å². The third-order valence-electron chi connectivity index (χ3n) is 1.41. The molecule has 1 aliphatic rings. The molecule has 0 aromatic rings. The lowest BCUT2D eigenvalue weighted by molar-refractivity contribution is -0.138. The van der Waals surface area contributed by atoms with Gasteiger partial charge in [-0.1, -0.05) is 0 Å². The summed E-state index contributed by atoms with van der Waals surface area (Å²) in [6.45, 7) is 0.713. The molecule has 3 nitrogen and oxygen atoms in total. The zero-order chi connectivity index (χ0) is 6.85. The van der Waals surface area contributed by atoms with E-state index in [1.54, 1.807) is 0 Å². The number of hydrogen-bond donors (Lipinski definition) is 2. The van der Waals surface area contributed by atoms with Crippen molar-refractivity contribution in [2.45, 2.75) is 17.8 Å². The average Bonchev–Trinajstić information content (AvgIpc) is 2.13. The Morgan fingerprint density at radius 3 is 2.67 bits per heavy atom. The number of carboxylic acid groups (broad SMARTS) is 1. The molecule has 0 amide bonds. The van der Waals surface area contributed by atoms with E-state index in [1.807, 2.05) is 0 Å². The fourth-order valence-corrected chi connectivity index (χ4v) is 1.22. The average molecular weight is 150 g/mol. The molecular formula is C5H8ClNO2. The van der Waals surface area contributed by atoms with Gasteiger partial charge in [-0.25, -0.2) is 0 Å². The standard InChI is InChI=1S/C5H8ClNO2/c6-3-1-2-7-4(3)5(8)9/h3-4,7H,1-2H2,(H,8,9)/t3-,4?/m0/s1. The van der Waals surface area contributed by atoms with Crippen LogP contribution in [0.5, 0.6) is 0 Å². The zero-order valence-corrected chi connectivity index (χ0v) is 5.56. The minimum atomic E-state index is -0.854. The molecule has 0 aliphatic carbocycles. The Morgan fingerprint density at radius 1 is 1.78 bits per heavy atom. The molecule has 0 bridgehead atoms. The van der Waals surface area contributed by atoms with E-state index in [4.69, 9.17) is 16.7 Å². The minimum Gasteiger partial charge on any atom is -0.480 e. The molecule has 9 heavy (non-hydrogen) atoms. The highest BCUT2D eigenvalue weighted by atomic mass is 35.5. The second kappa shape index (κ2) is 2.54. The molecular weight excluding hydrogens is 142 g/mol. The van der Waals surface area contributed by atoms with Gasteiger partial charge in [-0.2, -0.15) is 0 Å². The van der Waals surface area contributed by atoms with Crippen molar-refractivity contribution in [2.75, 3.05) is 6.54 Å². The molecule has 1 fully saturated rings. The van der Waals surface area contributed by atoms with Gasteiger partial charge < -0.3 is 10.4 Å². The van der Waals surface area contributed by atoms with E-state index in [0.717, 1.165) is 6.42 Å². The van der Waals surface area contributed by atoms with Gasteiger partial charge >= 0.3 is 5.97 Å². The second-order valence-corrected chi connectivity index (χ2v) is 2.64. The summed E-state index contributed by atoms with van der Waals surface area (Å²) < 4.78 is 0. The van der Waals surface area contributed by atoms with Crippen molar-refractivity contribution in [1.82, 2.24) is 5.32 Å². The van der Waals surface area contributed by atoms with Crippen molar-refractivity contribution in [1.29, 1.82) is 0 Å². The van der Waals surface area contributed by atoms with Crippen molar-refractivity contribution in [3.63, 3.8) is 0 Å². The van der Waals surface area contributed by atoms with Gasteiger partial charge in [0.05, 0.1) is 5.38 Å². The van der Waals surface area contributed by atoms with Crippen molar-refractivity contribution >= 4 is 17.6 Å². The SMILES string of the molecule is O=C(O)C1NCC[C@@H]1Cl. The molecule has 0 aromatic heterocycles. The van der Waals surface area contributed by atoms with Crippen molar-refractivity contribution in [3.8, 4) is 0 Å². The van der Waals surface area contributed by atoms with Gasteiger partial charge in [-0.05, 0) is 13.0 Å². The number of rotatable bonds is 1. The predicted molar refractivity (Wildman–Crippen MR) is 33.7 cm³/mol. The molecule has 1 aliphatic heterocycles. The Kier molecular flexibility index (Phi) is 1.93. The number of hydrogen-bond acceptors (Lipinski definition) is 2. The predicted octanol–water partition coefficient (Wildman–Crippen LogP) is 0.0403. The maximum atomic E-state index is 10.3. The lowest BCUT2D eigenvalue weighted by Crippen LogP contribution is -2.35. The molecule has 0 spiro atoms. The molecule has 1 rings (SSSR count). The molecule has 1 unspecified atom stereocenters. The van der Waals surface area contributed by atoms with E-state index in [1.165, 1.54) is 0 Å². The Bertz CT molecular complexity index is 128. The highest BCUT2D eigenvalue weighted by molar-refractivity contribution is 6.22. The summed E-state index contributed by atoms with van der Waals surface area (Å²) in [4.78, 5) is 10.3. The maximum Gasteiger partial charge on any atom is 0.322 e. The van der Waals surface area contributed by atoms with Gasteiger partial charge in [0.25, 0.3) is 0 Å². The first-order valence-electron chi connectivity index (χ1n) is 2.82. The van der Waals surface area contributed by atoms with Gasteiger partial charge in [0.2, 0.25) is 0 Å². The number of carbonyl (C=O) groups is 1. The maximum absolute atomic E-state index is 10.3. The van der Waals surface area contributed by atoms with E-state index in [0.29, 0.717) is 6.54 Å².